The number of carbonyl (C=O) groups excluding carboxylic acids is 1. The fraction of sp³-hybridized carbons (Fsp3) is 0.429. The molecule has 3 N–H and O–H groups in total. The molecule has 0 aliphatic heterocycles. The van der Waals surface area contributed by atoms with E-state index >= 15 is 0 Å². The topological polar surface area (TPSA) is 78.9 Å². The minimum atomic E-state index is -0.182. The highest BCUT2D eigenvalue weighted by Crippen LogP contribution is 2.20. The molecule has 0 saturated heterocycles. The number of benzene rings is 1. The number of nitrogens with zero attached hydrogens (tertiary/aromatic N) is 2. The van der Waals surface area contributed by atoms with E-state index in [1.165, 1.54) is 0 Å². The number of hydrogen-bond donors (Lipinski definition) is 2. The molecule has 0 radical (unpaired) electrons. The van der Waals surface area contributed by atoms with Crippen LogP contribution < -0.4 is 5.73 Å². The van der Waals surface area contributed by atoms with E-state index in [4.69, 9.17) is 34.1 Å². The number of amidine groups is 1. The standard InChI is InChI=1S/C14H19Cl2N3O2/c1-9(2)8-19(4-3-13(17)18-21)14(20)10-5-11(15)7-12(16)6-10/h5-7,9,21H,3-4,8H2,1-2H3,(H2,17,18). The van der Waals surface area contributed by atoms with Crippen molar-refractivity contribution in [2.45, 2.75) is 20.3 Å². The summed E-state index contributed by atoms with van der Waals surface area (Å²) in [6.07, 6.45) is 0.295. The molecule has 0 fully saturated rings. The number of rotatable bonds is 6. The van der Waals surface area contributed by atoms with E-state index in [0.29, 0.717) is 35.1 Å². The van der Waals surface area contributed by atoms with Crippen molar-refractivity contribution in [1.82, 2.24) is 4.90 Å². The summed E-state index contributed by atoms with van der Waals surface area (Å²) in [6, 6.07) is 4.72. The van der Waals surface area contributed by atoms with Crippen molar-refractivity contribution in [2.75, 3.05) is 13.1 Å². The lowest BCUT2D eigenvalue weighted by atomic mass is 10.1. The molecule has 1 aromatic carbocycles. The maximum absolute atomic E-state index is 12.6. The van der Waals surface area contributed by atoms with Crippen molar-refractivity contribution in [1.29, 1.82) is 0 Å². The molecule has 0 aromatic heterocycles. The van der Waals surface area contributed by atoms with Gasteiger partial charge in [-0.2, -0.15) is 0 Å². The lowest BCUT2D eigenvalue weighted by molar-refractivity contribution is 0.0740. The van der Waals surface area contributed by atoms with Crippen LogP contribution in [0, 0.1) is 5.92 Å². The first kappa shape index (κ1) is 17.6. The van der Waals surface area contributed by atoms with Crippen molar-refractivity contribution >= 4 is 34.9 Å². The Morgan fingerprint density at radius 1 is 1.33 bits per heavy atom. The van der Waals surface area contributed by atoms with E-state index in [1.54, 1.807) is 23.1 Å². The van der Waals surface area contributed by atoms with Gasteiger partial charge in [-0.1, -0.05) is 42.2 Å². The van der Waals surface area contributed by atoms with Gasteiger partial charge in [0.25, 0.3) is 5.91 Å². The number of oxime groups is 1. The minimum Gasteiger partial charge on any atom is -0.409 e. The van der Waals surface area contributed by atoms with Crippen LogP contribution in [0.1, 0.15) is 30.6 Å². The number of nitrogens with two attached hydrogens (primary N) is 1. The predicted octanol–water partition coefficient (Wildman–Crippen LogP) is 3.23. The quantitative estimate of drug-likeness (QED) is 0.363. The molecule has 0 saturated carbocycles. The van der Waals surface area contributed by atoms with Crippen LogP contribution >= 0.6 is 23.2 Å². The van der Waals surface area contributed by atoms with E-state index in [9.17, 15) is 4.79 Å². The van der Waals surface area contributed by atoms with Crippen LogP contribution in [0.15, 0.2) is 23.4 Å². The Hall–Kier alpha value is -1.46. The highest BCUT2D eigenvalue weighted by Gasteiger charge is 2.18. The van der Waals surface area contributed by atoms with E-state index in [2.05, 4.69) is 5.16 Å². The third kappa shape index (κ3) is 5.81. The summed E-state index contributed by atoms with van der Waals surface area (Å²) >= 11 is 11.9. The summed E-state index contributed by atoms with van der Waals surface area (Å²) in [6.45, 7) is 4.93. The molecule has 0 bridgehead atoms. The number of hydrogen-bond acceptors (Lipinski definition) is 3. The molecule has 0 unspecified atom stereocenters. The number of carbonyl (C=O) groups is 1. The highest BCUT2D eigenvalue weighted by atomic mass is 35.5. The van der Waals surface area contributed by atoms with Gasteiger partial charge < -0.3 is 15.8 Å². The Morgan fingerprint density at radius 3 is 2.38 bits per heavy atom. The zero-order valence-corrected chi connectivity index (χ0v) is 13.5. The normalized spacial score (nSPS) is 11.8. The van der Waals surface area contributed by atoms with Crippen molar-refractivity contribution < 1.29 is 10.0 Å². The van der Waals surface area contributed by atoms with Crippen molar-refractivity contribution in [3.05, 3.63) is 33.8 Å². The number of amides is 1. The first-order valence-corrected chi connectivity index (χ1v) is 7.30. The molecule has 1 amide bonds. The summed E-state index contributed by atoms with van der Waals surface area (Å²) in [5.74, 6) is 0.190. The molecule has 0 spiro atoms. The molecule has 116 valence electrons. The van der Waals surface area contributed by atoms with Crippen LogP contribution in [0.4, 0.5) is 0 Å². The lowest BCUT2D eigenvalue weighted by Gasteiger charge is -2.24. The van der Waals surface area contributed by atoms with Gasteiger partial charge in [0.2, 0.25) is 0 Å². The van der Waals surface area contributed by atoms with Gasteiger partial charge in [-0.15, -0.1) is 0 Å². The van der Waals surface area contributed by atoms with E-state index in [1.807, 2.05) is 13.8 Å². The largest absolute Gasteiger partial charge is 0.409 e. The summed E-state index contributed by atoms with van der Waals surface area (Å²) in [5.41, 5.74) is 5.88. The van der Waals surface area contributed by atoms with Crippen LogP contribution in [0.25, 0.3) is 0 Å². The zero-order valence-electron chi connectivity index (χ0n) is 12.0. The average molecular weight is 332 g/mol. The molecular weight excluding hydrogens is 313 g/mol. The monoisotopic (exact) mass is 331 g/mol. The van der Waals surface area contributed by atoms with Crippen LogP contribution in [0.2, 0.25) is 10.0 Å². The lowest BCUT2D eigenvalue weighted by Crippen LogP contribution is -2.36. The molecule has 1 rings (SSSR count). The van der Waals surface area contributed by atoms with Crippen LogP contribution in [-0.2, 0) is 0 Å². The summed E-state index contributed by atoms with van der Waals surface area (Å²) in [4.78, 5) is 14.2. The first-order valence-electron chi connectivity index (χ1n) is 6.55. The SMILES string of the molecule is CC(C)CN(CCC(N)=NO)C(=O)c1cc(Cl)cc(Cl)c1. The number of halogens is 2. The molecule has 0 aliphatic carbocycles. The molecular formula is C14H19Cl2N3O2. The van der Waals surface area contributed by atoms with Crippen molar-refractivity contribution in [3.63, 3.8) is 0 Å². The van der Waals surface area contributed by atoms with Gasteiger partial charge in [-0.3, -0.25) is 4.79 Å². The predicted molar refractivity (Wildman–Crippen MR) is 85.2 cm³/mol. The van der Waals surface area contributed by atoms with Gasteiger partial charge >= 0.3 is 0 Å². The molecule has 7 heteroatoms. The second-order valence-corrected chi connectivity index (χ2v) is 6.02. The van der Waals surface area contributed by atoms with E-state index < -0.39 is 0 Å². The molecule has 21 heavy (non-hydrogen) atoms. The smallest absolute Gasteiger partial charge is 0.253 e. The van der Waals surface area contributed by atoms with Gasteiger partial charge in [0.05, 0.1) is 0 Å². The molecule has 0 aliphatic rings. The summed E-state index contributed by atoms with van der Waals surface area (Å²) in [5, 5.41) is 12.3. The van der Waals surface area contributed by atoms with Crippen LogP contribution in [-0.4, -0.2) is 34.9 Å². The summed E-state index contributed by atoms with van der Waals surface area (Å²) < 4.78 is 0. The third-order valence-corrected chi connectivity index (χ3v) is 3.18. The van der Waals surface area contributed by atoms with Crippen LogP contribution in [0.3, 0.4) is 0 Å². The Kier molecular flexibility index (Phi) is 6.78. The molecule has 5 nitrogen and oxygen atoms in total. The third-order valence-electron chi connectivity index (χ3n) is 2.75. The van der Waals surface area contributed by atoms with Gasteiger partial charge in [0, 0.05) is 35.1 Å². The minimum absolute atomic E-state index is 0.0840. The average Bonchev–Trinajstić information content (AvgIpc) is 2.40. The molecule has 0 atom stereocenters. The van der Waals surface area contributed by atoms with Crippen molar-refractivity contribution in [3.8, 4) is 0 Å². The van der Waals surface area contributed by atoms with Crippen molar-refractivity contribution in [2.24, 2.45) is 16.8 Å². The Bertz CT molecular complexity index is 513. The Morgan fingerprint density at radius 2 is 1.90 bits per heavy atom. The Labute approximate surface area is 134 Å². The maximum atomic E-state index is 12.6. The van der Waals surface area contributed by atoms with Crippen LogP contribution in [0.5, 0.6) is 0 Å². The van der Waals surface area contributed by atoms with Gasteiger partial charge in [-0.25, -0.2) is 0 Å². The van der Waals surface area contributed by atoms with Gasteiger partial charge in [0.15, 0.2) is 0 Å². The first-order chi connectivity index (χ1) is 9.83. The Balaban J connectivity index is 2.93. The maximum Gasteiger partial charge on any atom is 0.253 e. The molecule has 1 aromatic rings. The highest BCUT2D eigenvalue weighted by molar-refractivity contribution is 6.35. The fourth-order valence-electron chi connectivity index (χ4n) is 1.88. The van der Waals surface area contributed by atoms with E-state index in [0.717, 1.165) is 0 Å². The molecule has 0 heterocycles. The summed E-state index contributed by atoms with van der Waals surface area (Å²) in [7, 11) is 0. The van der Waals surface area contributed by atoms with E-state index in [-0.39, 0.29) is 17.7 Å². The second-order valence-electron chi connectivity index (χ2n) is 5.14. The fourth-order valence-corrected chi connectivity index (χ4v) is 2.40. The second kappa shape index (κ2) is 8.10. The van der Waals surface area contributed by atoms with Gasteiger partial charge in [0.1, 0.15) is 5.84 Å². The van der Waals surface area contributed by atoms with Gasteiger partial charge in [-0.05, 0) is 24.1 Å². The zero-order chi connectivity index (χ0) is 16.0.